The van der Waals surface area contributed by atoms with Crippen LogP contribution in [0.2, 0.25) is 0 Å². The number of pyridine rings is 1. The number of methoxy groups -OCH3 is 1. The first-order valence-electron chi connectivity index (χ1n) is 14.4. The van der Waals surface area contributed by atoms with E-state index in [-0.39, 0.29) is 6.04 Å². The molecule has 3 saturated heterocycles. The monoisotopic (exact) mass is 544 g/mol. The lowest BCUT2D eigenvalue weighted by Gasteiger charge is -2.42. The van der Waals surface area contributed by atoms with Gasteiger partial charge in [0, 0.05) is 81.4 Å². The molecule has 3 aliphatic heterocycles. The number of hydrogen-bond acceptors (Lipinski definition) is 10. The van der Waals surface area contributed by atoms with E-state index in [0.717, 1.165) is 42.2 Å². The molecule has 6 rings (SSSR count). The van der Waals surface area contributed by atoms with Crippen LogP contribution < -0.4 is 20.0 Å². The Morgan fingerprint density at radius 3 is 2.50 bits per heavy atom. The number of rotatable bonds is 7. The third kappa shape index (κ3) is 5.84. The van der Waals surface area contributed by atoms with Crippen molar-refractivity contribution in [3.63, 3.8) is 0 Å². The predicted molar refractivity (Wildman–Crippen MR) is 157 cm³/mol. The van der Waals surface area contributed by atoms with Gasteiger partial charge in [-0.25, -0.2) is 15.0 Å². The zero-order chi connectivity index (χ0) is 27.5. The Kier molecular flexibility index (Phi) is 7.99. The van der Waals surface area contributed by atoms with Crippen molar-refractivity contribution in [3.8, 4) is 5.75 Å². The number of hydroxylamine groups is 1. The smallest absolute Gasteiger partial charge is 0.158 e. The van der Waals surface area contributed by atoms with E-state index in [2.05, 4.69) is 66.3 Å². The number of ether oxygens (including phenoxy) is 1. The predicted octanol–water partition coefficient (Wildman–Crippen LogP) is 4.03. The quantitative estimate of drug-likeness (QED) is 0.471. The van der Waals surface area contributed by atoms with Crippen molar-refractivity contribution >= 4 is 23.0 Å². The average Bonchev–Trinajstić information content (AvgIpc) is 3.49. The molecule has 0 bridgehead atoms. The second kappa shape index (κ2) is 12.0. The summed E-state index contributed by atoms with van der Waals surface area (Å²) >= 11 is 0. The third-order valence-corrected chi connectivity index (χ3v) is 8.43. The van der Waals surface area contributed by atoms with Crippen LogP contribution in [0.3, 0.4) is 0 Å². The molecule has 0 aliphatic carbocycles. The SMILES string of the molecule is COc1cc(N2CCC(N3CCN(C)CC3)CC2)ccc1Nc1cc(N2OCC[C@@H]2c2ccc(C)nc2)ncn1. The van der Waals surface area contributed by atoms with E-state index in [4.69, 9.17) is 9.57 Å². The standard InChI is InChI=1S/C30H40N8O2/c1-22-4-5-23(20-31-22)27-10-17-40-38(27)30-19-29(32-21-33-30)34-26-7-6-25(18-28(26)39-3)36-11-8-24(9-12-36)37-15-13-35(2)14-16-37/h4-7,18-21,24,27H,8-17H2,1-3H3,(H,32,33,34)/t27-/m1/s1. The molecule has 0 saturated carbocycles. The summed E-state index contributed by atoms with van der Waals surface area (Å²) in [5.74, 6) is 2.18. The van der Waals surface area contributed by atoms with Gasteiger partial charge in [-0.2, -0.15) is 0 Å². The highest BCUT2D eigenvalue weighted by Crippen LogP contribution is 2.36. The Morgan fingerprint density at radius 2 is 1.75 bits per heavy atom. The van der Waals surface area contributed by atoms with Crippen molar-refractivity contribution in [2.24, 2.45) is 0 Å². The number of aryl methyl sites for hydroxylation is 1. The number of benzene rings is 1. The zero-order valence-corrected chi connectivity index (χ0v) is 23.8. The summed E-state index contributed by atoms with van der Waals surface area (Å²) in [6, 6.07) is 13.2. The van der Waals surface area contributed by atoms with Crippen LogP contribution in [0.1, 0.15) is 36.6 Å². The van der Waals surface area contributed by atoms with Crippen molar-refractivity contribution in [1.29, 1.82) is 0 Å². The molecule has 10 heteroatoms. The van der Waals surface area contributed by atoms with E-state index >= 15 is 0 Å². The molecule has 5 heterocycles. The number of nitrogens with one attached hydrogen (secondary N) is 1. The topological polar surface area (TPSA) is 82.1 Å². The molecule has 3 aromatic rings. The molecule has 40 heavy (non-hydrogen) atoms. The minimum Gasteiger partial charge on any atom is -0.494 e. The molecule has 0 radical (unpaired) electrons. The number of likely N-dealkylation sites (N-methyl/N-ethyl adjacent to an activating group) is 1. The fourth-order valence-corrected chi connectivity index (χ4v) is 6.00. The molecule has 1 N–H and O–H groups in total. The van der Waals surface area contributed by atoms with E-state index in [1.54, 1.807) is 13.4 Å². The van der Waals surface area contributed by atoms with Crippen molar-refractivity contribution in [3.05, 3.63) is 60.2 Å². The summed E-state index contributed by atoms with van der Waals surface area (Å²) in [5.41, 5.74) is 4.17. The highest BCUT2D eigenvalue weighted by atomic mass is 16.7. The summed E-state index contributed by atoms with van der Waals surface area (Å²) in [6.07, 6.45) is 6.76. The fourth-order valence-electron chi connectivity index (χ4n) is 6.00. The van der Waals surface area contributed by atoms with Crippen molar-refractivity contribution in [1.82, 2.24) is 24.8 Å². The van der Waals surface area contributed by atoms with Crippen LogP contribution in [0.5, 0.6) is 5.75 Å². The number of piperazine rings is 1. The molecule has 3 fully saturated rings. The first-order chi connectivity index (χ1) is 19.6. The largest absolute Gasteiger partial charge is 0.494 e. The van der Waals surface area contributed by atoms with E-state index in [9.17, 15) is 0 Å². The average molecular weight is 545 g/mol. The lowest BCUT2D eigenvalue weighted by molar-refractivity contribution is 0.0982. The third-order valence-electron chi connectivity index (χ3n) is 8.43. The number of hydrogen-bond donors (Lipinski definition) is 1. The van der Waals surface area contributed by atoms with E-state index < -0.39 is 0 Å². The molecule has 2 aromatic heterocycles. The van der Waals surface area contributed by atoms with Gasteiger partial charge in [-0.05, 0) is 50.6 Å². The number of piperidine rings is 1. The molecular weight excluding hydrogens is 504 g/mol. The maximum Gasteiger partial charge on any atom is 0.158 e. The highest BCUT2D eigenvalue weighted by Gasteiger charge is 2.30. The highest BCUT2D eigenvalue weighted by molar-refractivity contribution is 5.70. The lowest BCUT2D eigenvalue weighted by Crippen LogP contribution is -2.52. The molecule has 0 unspecified atom stereocenters. The summed E-state index contributed by atoms with van der Waals surface area (Å²) in [6.45, 7) is 9.48. The number of nitrogens with zero attached hydrogens (tertiary/aromatic N) is 7. The van der Waals surface area contributed by atoms with Gasteiger partial charge in [0.2, 0.25) is 0 Å². The zero-order valence-electron chi connectivity index (χ0n) is 23.8. The van der Waals surface area contributed by atoms with Crippen molar-refractivity contribution < 1.29 is 9.57 Å². The van der Waals surface area contributed by atoms with E-state index in [0.29, 0.717) is 24.3 Å². The second-order valence-electron chi connectivity index (χ2n) is 11.0. The molecule has 1 aromatic carbocycles. The van der Waals surface area contributed by atoms with Gasteiger partial charge in [0.25, 0.3) is 0 Å². The van der Waals surface area contributed by atoms with Crippen LogP contribution >= 0.6 is 0 Å². The molecular formula is C30H40N8O2. The van der Waals surface area contributed by atoms with Crippen molar-refractivity contribution in [2.45, 2.75) is 38.3 Å². The number of anilines is 4. The van der Waals surface area contributed by atoms with Crippen LogP contribution in [-0.4, -0.2) is 90.8 Å². The molecule has 212 valence electrons. The minimum atomic E-state index is 0.0602. The summed E-state index contributed by atoms with van der Waals surface area (Å²) in [7, 11) is 3.94. The van der Waals surface area contributed by atoms with Gasteiger partial charge < -0.3 is 19.9 Å². The first-order valence-corrected chi connectivity index (χ1v) is 14.4. The van der Waals surface area contributed by atoms with E-state index in [1.807, 2.05) is 30.3 Å². The summed E-state index contributed by atoms with van der Waals surface area (Å²) in [5, 5.41) is 5.30. The van der Waals surface area contributed by atoms with Crippen LogP contribution in [0.15, 0.2) is 48.9 Å². The number of aromatic nitrogens is 3. The maximum absolute atomic E-state index is 5.97. The Balaban J connectivity index is 1.12. The van der Waals surface area contributed by atoms with Gasteiger partial charge in [-0.3, -0.25) is 14.7 Å². The first kappa shape index (κ1) is 26.7. The summed E-state index contributed by atoms with van der Waals surface area (Å²) < 4.78 is 5.80. The Morgan fingerprint density at radius 1 is 0.925 bits per heavy atom. The normalized spacial score (nSPS) is 21.1. The second-order valence-corrected chi connectivity index (χ2v) is 11.0. The molecule has 0 amide bonds. The van der Waals surface area contributed by atoms with Crippen LogP contribution in [-0.2, 0) is 4.84 Å². The van der Waals surface area contributed by atoms with Gasteiger partial charge in [0.15, 0.2) is 5.82 Å². The molecule has 10 nitrogen and oxygen atoms in total. The minimum absolute atomic E-state index is 0.0602. The van der Waals surface area contributed by atoms with Crippen LogP contribution in [0.4, 0.5) is 23.0 Å². The Labute approximate surface area is 236 Å². The van der Waals surface area contributed by atoms with Gasteiger partial charge in [-0.15, -0.1) is 0 Å². The van der Waals surface area contributed by atoms with Gasteiger partial charge in [0.1, 0.15) is 17.9 Å². The molecule has 0 spiro atoms. The van der Waals surface area contributed by atoms with Crippen molar-refractivity contribution in [2.75, 3.05) is 75.3 Å². The fraction of sp³-hybridized carbons (Fsp3) is 0.500. The van der Waals surface area contributed by atoms with E-state index in [1.165, 1.54) is 44.7 Å². The van der Waals surface area contributed by atoms with Gasteiger partial charge >= 0.3 is 0 Å². The van der Waals surface area contributed by atoms with Crippen LogP contribution in [0, 0.1) is 6.92 Å². The molecule has 1 atom stereocenters. The lowest BCUT2D eigenvalue weighted by atomic mass is 10.0. The molecule has 3 aliphatic rings. The Hall–Kier alpha value is -3.47. The van der Waals surface area contributed by atoms with Gasteiger partial charge in [0.05, 0.1) is 25.4 Å². The Bertz CT molecular complexity index is 1270. The van der Waals surface area contributed by atoms with Crippen LogP contribution in [0.25, 0.3) is 0 Å². The van der Waals surface area contributed by atoms with Gasteiger partial charge in [-0.1, -0.05) is 6.07 Å². The summed E-state index contributed by atoms with van der Waals surface area (Å²) in [4.78, 5) is 27.0. The maximum atomic E-state index is 5.97.